The number of nitrogens with zero attached hydrogens (tertiary/aromatic N) is 2. The van der Waals surface area contributed by atoms with Gasteiger partial charge in [0.1, 0.15) is 11.5 Å². The van der Waals surface area contributed by atoms with Crippen LogP contribution in [0.2, 0.25) is 0 Å². The normalized spacial score (nSPS) is 10.4. The molecule has 0 radical (unpaired) electrons. The van der Waals surface area contributed by atoms with Crippen LogP contribution in [-0.2, 0) is 0 Å². The Morgan fingerprint density at radius 1 is 0.600 bits per heavy atom. The van der Waals surface area contributed by atoms with E-state index in [9.17, 15) is 4.79 Å². The van der Waals surface area contributed by atoms with Crippen molar-refractivity contribution in [1.82, 2.24) is 10.2 Å². The van der Waals surface area contributed by atoms with Gasteiger partial charge in [0.15, 0.2) is 5.82 Å². The van der Waals surface area contributed by atoms with E-state index in [2.05, 4.69) is 20.8 Å². The Labute approximate surface area is 203 Å². The van der Waals surface area contributed by atoms with Crippen molar-refractivity contribution in [3.8, 4) is 22.8 Å². The first kappa shape index (κ1) is 21.9. The summed E-state index contributed by atoms with van der Waals surface area (Å²) in [5.74, 6) is 1.89. The molecule has 1 amide bonds. The molecule has 4 aromatic carbocycles. The van der Waals surface area contributed by atoms with Crippen LogP contribution in [0.15, 0.2) is 121 Å². The highest BCUT2D eigenvalue weighted by atomic mass is 16.5. The fraction of sp³-hybridized carbons (Fsp3) is 0. The van der Waals surface area contributed by atoms with E-state index >= 15 is 0 Å². The number of amides is 1. The SMILES string of the molecule is O=C(Nc1ccc(Oc2ccccc2)cc1)c1ccc(Nc2ccc(-c3ccccc3)nn2)cc1. The Kier molecular flexibility index (Phi) is 6.44. The molecule has 170 valence electrons. The van der Waals surface area contributed by atoms with Gasteiger partial charge in [0, 0.05) is 22.5 Å². The molecule has 6 nitrogen and oxygen atoms in total. The van der Waals surface area contributed by atoms with Crippen molar-refractivity contribution in [2.75, 3.05) is 10.6 Å². The molecule has 5 rings (SSSR count). The zero-order chi connectivity index (χ0) is 23.9. The number of ether oxygens (including phenoxy) is 1. The molecular weight excluding hydrogens is 436 g/mol. The summed E-state index contributed by atoms with van der Waals surface area (Å²) < 4.78 is 5.78. The molecule has 2 N–H and O–H groups in total. The highest BCUT2D eigenvalue weighted by Gasteiger charge is 2.07. The summed E-state index contributed by atoms with van der Waals surface area (Å²) in [5, 5.41) is 14.6. The van der Waals surface area contributed by atoms with Gasteiger partial charge in [-0.25, -0.2) is 0 Å². The molecule has 0 fully saturated rings. The van der Waals surface area contributed by atoms with Crippen molar-refractivity contribution in [2.45, 2.75) is 0 Å². The first-order chi connectivity index (χ1) is 17.2. The van der Waals surface area contributed by atoms with Crippen LogP contribution >= 0.6 is 0 Å². The Bertz CT molecular complexity index is 1390. The molecule has 0 aliphatic heterocycles. The third kappa shape index (κ3) is 5.69. The lowest BCUT2D eigenvalue weighted by Crippen LogP contribution is -2.11. The van der Waals surface area contributed by atoms with Gasteiger partial charge < -0.3 is 15.4 Å². The summed E-state index contributed by atoms with van der Waals surface area (Å²) in [6.45, 7) is 0. The lowest BCUT2D eigenvalue weighted by Gasteiger charge is -2.09. The number of aromatic nitrogens is 2. The predicted octanol–water partition coefficient (Wildman–Crippen LogP) is 6.93. The molecule has 0 spiro atoms. The van der Waals surface area contributed by atoms with E-state index in [4.69, 9.17) is 4.74 Å². The summed E-state index contributed by atoms with van der Waals surface area (Å²) in [6.07, 6.45) is 0. The van der Waals surface area contributed by atoms with Crippen LogP contribution in [0.25, 0.3) is 11.3 Å². The number of para-hydroxylation sites is 1. The Morgan fingerprint density at radius 2 is 1.23 bits per heavy atom. The molecule has 35 heavy (non-hydrogen) atoms. The predicted molar refractivity (Wildman–Crippen MR) is 138 cm³/mol. The van der Waals surface area contributed by atoms with Crippen molar-refractivity contribution in [2.24, 2.45) is 0 Å². The van der Waals surface area contributed by atoms with Crippen LogP contribution in [0.5, 0.6) is 11.5 Å². The minimum absolute atomic E-state index is 0.194. The van der Waals surface area contributed by atoms with Crippen LogP contribution in [-0.4, -0.2) is 16.1 Å². The van der Waals surface area contributed by atoms with E-state index in [0.29, 0.717) is 22.8 Å². The summed E-state index contributed by atoms with van der Waals surface area (Å²) in [7, 11) is 0. The summed E-state index contributed by atoms with van der Waals surface area (Å²) >= 11 is 0. The van der Waals surface area contributed by atoms with E-state index in [-0.39, 0.29) is 5.91 Å². The van der Waals surface area contributed by atoms with Crippen molar-refractivity contribution < 1.29 is 9.53 Å². The van der Waals surface area contributed by atoms with Crippen molar-refractivity contribution in [3.05, 3.63) is 127 Å². The highest BCUT2D eigenvalue weighted by molar-refractivity contribution is 6.04. The summed E-state index contributed by atoms with van der Waals surface area (Å²) in [5.41, 5.74) is 3.87. The number of rotatable bonds is 7. The maximum atomic E-state index is 12.6. The number of hydrogen-bond donors (Lipinski definition) is 2. The second-order valence-corrected chi connectivity index (χ2v) is 7.77. The largest absolute Gasteiger partial charge is 0.457 e. The van der Waals surface area contributed by atoms with Gasteiger partial charge in [-0.2, -0.15) is 0 Å². The number of carbonyl (C=O) groups is 1. The summed E-state index contributed by atoms with van der Waals surface area (Å²) in [4.78, 5) is 12.6. The van der Waals surface area contributed by atoms with Crippen LogP contribution in [0.4, 0.5) is 17.2 Å². The number of benzene rings is 4. The smallest absolute Gasteiger partial charge is 0.255 e. The molecular formula is C29H22N4O2. The fourth-order valence-corrected chi connectivity index (χ4v) is 3.45. The molecule has 0 saturated carbocycles. The van der Waals surface area contributed by atoms with E-state index in [1.165, 1.54) is 0 Å². The molecule has 0 atom stereocenters. The first-order valence-electron chi connectivity index (χ1n) is 11.1. The molecule has 0 aliphatic rings. The second-order valence-electron chi connectivity index (χ2n) is 7.77. The van der Waals surface area contributed by atoms with E-state index < -0.39 is 0 Å². The molecule has 0 saturated heterocycles. The summed E-state index contributed by atoms with van der Waals surface area (Å²) in [6, 6.07) is 37.7. The van der Waals surface area contributed by atoms with Crippen LogP contribution in [0.3, 0.4) is 0 Å². The van der Waals surface area contributed by atoms with Gasteiger partial charge in [-0.05, 0) is 72.8 Å². The average Bonchev–Trinajstić information content (AvgIpc) is 2.92. The molecule has 5 aromatic rings. The van der Waals surface area contributed by atoms with Crippen molar-refractivity contribution >= 4 is 23.1 Å². The van der Waals surface area contributed by atoms with Crippen molar-refractivity contribution in [1.29, 1.82) is 0 Å². The van der Waals surface area contributed by atoms with Gasteiger partial charge >= 0.3 is 0 Å². The minimum atomic E-state index is -0.194. The quantitative estimate of drug-likeness (QED) is 0.276. The zero-order valence-electron chi connectivity index (χ0n) is 18.8. The maximum absolute atomic E-state index is 12.6. The third-order valence-corrected chi connectivity index (χ3v) is 5.24. The van der Waals surface area contributed by atoms with E-state index in [1.54, 1.807) is 12.1 Å². The zero-order valence-corrected chi connectivity index (χ0v) is 18.8. The monoisotopic (exact) mass is 458 g/mol. The van der Waals surface area contributed by atoms with Gasteiger partial charge in [0.05, 0.1) is 5.69 Å². The average molecular weight is 459 g/mol. The van der Waals surface area contributed by atoms with Gasteiger partial charge in [-0.15, -0.1) is 10.2 Å². The lowest BCUT2D eigenvalue weighted by molar-refractivity contribution is 0.102. The number of nitrogens with one attached hydrogen (secondary N) is 2. The second kappa shape index (κ2) is 10.3. The standard InChI is InChI=1S/C29H22N4O2/c34-29(31-24-15-17-26(18-16-24)35-25-9-5-2-6-10-25)22-11-13-23(14-12-22)30-28-20-19-27(32-33-28)21-7-3-1-4-8-21/h1-20H,(H,30,33)(H,31,34). The van der Waals surface area contributed by atoms with Crippen LogP contribution in [0, 0.1) is 0 Å². The first-order valence-corrected chi connectivity index (χ1v) is 11.1. The van der Waals surface area contributed by atoms with E-state index in [1.807, 2.05) is 109 Å². The molecule has 1 aromatic heterocycles. The molecule has 0 bridgehead atoms. The van der Waals surface area contributed by atoms with Gasteiger partial charge in [0.2, 0.25) is 0 Å². The number of hydrogen-bond acceptors (Lipinski definition) is 5. The van der Waals surface area contributed by atoms with Crippen molar-refractivity contribution in [3.63, 3.8) is 0 Å². The number of anilines is 3. The molecule has 0 aliphatic carbocycles. The third-order valence-electron chi connectivity index (χ3n) is 5.24. The van der Waals surface area contributed by atoms with Crippen LogP contribution in [0.1, 0.15) is 10.4 Å². The minimum Gasteiger partial charge on any atom is -0.457 e. The highest BCUT2D eigenvalue weighted by Crippen LogP contribution is 2.23. The van der Waals surface area contributed by atoms with E-state index in [0.717, 1.165) is 22.7 Å². The topological polar surface area (TPSA) is 76.1 Å². The maximum Gasteiger partial charge on any atom is 0.255 e. The molecule has 0 unspecified atom stereocenters. The Morgan fingerprint density at radius 3 is 1.89 bits per heavy atom. The number of carbonyl (C=O) groups excluding carboxylic acids is 1. The molecule has 6 heteroatoms. The van der Waals surface area contributed by atoms with Gasteiger partial charge in [0.25, 0.3) is 5.91 Å². The lowest BCUT2D eigenvalue weighted by atomic mass is 10.1. The molecule has 1 heterocycles. The van der Waals surface area contributed by atoms with Crippen LogP contribution < -0.4 is 15.4 Å². The Balaban J connectivity index is 1.17. The Hall–Kier alpha value is -4.97. The fourth-order valence-electron chi connectivity index (χ4n) is 3.45. The van der Waals surface area contributed by atoms with Gasteiger partial charge in [-0.1, -0.05) is 48.5 Å². The van der Waals surface area contributed by atoms with Gasteiger partial charge in [-0.3, -0.25) is 4.79 Å².